The molecule has 3 aromatic carbocycles. The quantitative estimate of drug-likeness (QED) is 0.101. The van der Waals surface area contributed by atoms with E-state index in [0.717, 1.165) is 17.4 Å². The number of methoxy groups -OCH3 is 2. The van der Waals surface area contributed by atoms with Crippen molar-refractivity contribution in [2.45, 2.75) is 13.1 Å². The van der Waals surface area contributed by atoms with Crippen molar-refractivity contribution in [3.63, 3.8) is 0 Å². The lowest BCUT2D eigenvalue weighted by Gasteiger charge is -2.31. The fraction of sp³-hybridized carbons (Fsp3) is 0.152. The van der Waals surface area contributed by atoms with E-state index in [0.29, 0.717) is 64.0 Å². The molecular formula is C33H33N13O4S. The summed E-state index contributed by atoms with van der Waals surface area (Å²) in [6, 6.07) is 20.3. The van der Waals surface area contributed by atoms with Crippen molar-refractivity contribution in [3.05, 3.63) is 103 Å². The second-order valence-electron chi connectivity index (χ2n) is 11.2. The maximum Gasteiger partial charge on any atom is 0.247 e. The number of hydrazine groups is 2. The van der Waals surface area contributed by atoms with E-state index in [1.165, 1.54) is 6.33 Å². The lowest BCUT2D eigenvalue weighted by Crippen LogP contribution is -2.39. The minimum absolute atomic E-state index is 0.241. The van der Waals surface area contributed by atoms with Gasteiger partial charge in [-0.2, -0.15) is 9.97 Å². The number of anilines is 5. The van der Waals surface area contributed by atoms with E-state index in [9.17, 15) is 8.42 Å². The van der Waals surface area contributed by atoms with Gasteiger partial charge in [0.2, 0.25) is 21.9 Å². The summed E-state index contributed by atoms with van der Waals surface area (Å²) in [6.45, 7) is 0.636. The second-order valence-corrected chi connectivity index (χ2v) is 13.0. The Morgan fingerprint density at radius 2 is 1.22 bits per heavy atom. The molecule has 0 radical (unpaired) electrons. The molecule has 4 heterocycles. The van der Waals surface area contributed by atoms with Crippen LogP contribution in [0.2, 0.25) is 0 Å². The summed E-state index contributed by atoms with van der Waals surface area (Å²) in [4.78, 5) is 33.4. The molecule has 7 aromatic rings. The Kier molecular flexibility index (Phi) is 9.25. The van der Waals surface area contributed by atoms with Crippen LogP contribution in [0.15, 0.2) is 91.8 Å². The molecule has 260 valence electrons. The second kappa shape index (κ2) is 14.2. The standard InChI is InChI=1S/C33H33N13O4S/c1-49-24-8-4-6-21(12-24)15-40-45(32-34-17-26-30(42-32)38-19-36-26)28-11-10-23(44-51(3,47)48)14-29(28)46(33-35-18-27-31(43-33)39-20-37-27)41-16-22-7-5-9-25(13-22)50-2/h4-14,17-20,40-41,44H,15-16H2,1-3H3,(H,34,36,38,42)(H,35,37,39,43). The van der Waals surface area contributed by atoms with Gasteiger partial charge >= 0.3 is 0 Å². The zero-order chi connectivity index (χ0) is 35.4. The summed E-state index contributed by atoms with van der Waals surface area (Å²) >= 11 is 0. The molecule has 18 heteroatoms. The molecule has 0 amide bonds. The highest BCUT2D eigenvalue weighted by molar-refractivity contribution is 7.92. The Bertz CT molecular complexity index is 2420. The largest absolute Gasteiger partial charge is 0.497 e. The van der Waals surface area contributed by atoms with Gasteiger partial charge < -0.3 is 19.4 Å². The van der Waals surface area contributed by atoms with Gasteiger partial charge in [-0.3, -0.25) is 4.72 Å². The van der Waals surface area contributed by atoms with Gasteiger partial charge in [0.25, 0.3) is 0 Å². The number of ether oxygens (including phenoxy) is 2. The first-order valence-electron chi connectivity index (χ1n) is 15.5. The van der Waals surface area contributed by atoms with E-state index < -0.39 is 10.0 Å². The van der Waals surface area contributed by atoms with Gasteiger partial charge in [0.15, 0.2) is 11.3 Å². The molecule has 51 heavy (non-hydrogen) atoms. The predicted octanol–water partition coefficient (Wildman–Crippen LogP) is 4.09. The molecule has 0 fully saturated rings. The van der Waals surface area contributed by atoms with Crippen LogP contribution < -0.4 is 35.1 Å². The zero-order valence-electron chi connectivity index (χ0n) is 27.7. The molecule has 0 saturated heterocycles. The van der Waals surface area contributed by atoms with Crippen molar-refractivity contribution in [2.75, 3.05) is 35.2 Å². The minimum atomic E-state index is -3.65. The number of fused-ring (bicyclic) bond motifs is 2. The van der Waals surface area contributed by atoms with Crippen LogP contribution in [0.4, 0.5) is 29.0 Å². The lowest BCUT2D eigenvalue weighted by molar-refractivity contribution is 0.414. The third-order valence-electron chi connectivity index (χ3n) is 7.63. The monoisotopic (exact) mass is 707 g/mol. The Balaban J connectivity index is 1.39. The molecule has 0 atom stereocenters. The molecule has 4 aromatic heterocycles. The summed E-state index contributed by atoms with van der Waals surface area (Å²) in [7, 11) is -0.431. The van der Waals surface area contributed by atoms with Gasteiger partial charge in [-0.1, -0.05) is 24.3 Å². The lowest BCUT2D eigenvalue weighted by atomic mass is 10.2. The van der Waals surface area contributed by atoms with Gasteiger partial charge in [-0.15, -0.1) is 0 Å². The molecule has 17 nitrogen and oxygen atoms in total. The van der Waals surface area contributed by atoms with E-state index in [-0.39, 0.29) is 11.9 Å². The van der Waals surface area contributed by atoms with E-state index >= 15 is 0 Å². The Hall–Kier alpha value is -6.37. The summed E-state index contributed by atoms with van der Waals surface area (Å²) in [5.41, 5.74) is 12.1. The summed E-state index contributed by atoms with van der Waals surface area (Å²) in [5, 5.41) is 3.37. The molecule has 0 bridgehead atoms. The SMILES string of the molecule is COc1cccc(CNN(c2ncc3nc[nH]c3n2)c2ccc(NS(C)(=O)=O)cc2N(NCc2cccc(OC)c2)c2ncc3nc[nH]c3n2)c1. The maximum absolute atomic E-state index is 12.4. The normalized spacial score (nSPS) is 11.5. The van der Waals surface area contributed by atoms with Gasteiger partial charge in [0, 0.05) is 13.1 Å². The molecule has 0 unspecified atom stereocenters. The Morgan fingerprint density at radius 1 is 0.686 bits per heavy atom. The van der Waals surface area contributed by atoms with Crippen LogP contribution >= 0.6 is 0 Å². The molecule has 0 spiro atoms. The number of nitrogens with zero attached hydrogens (tertiary/aromatic N) is 8. The van der Waals surface area contributed by atoms with E-state index in [1.807, 2.05) is 48.5 Å². The molecule has 0 aliphatic rings. The summed E-state index contributed by atoms with van der Waals surface area (Å²) in [6.07, 6.45) is 7.38. The third-order valence-corrected chi connectivity index (χ3v) is 8.24. The van der Waals surface area contributed by atoms with Crippen molar-refractivity contribution in [1.29, 1.82) is 0 Å². The van der Waals surface area contributed by atoms with Gasteiger partial charge in [-0.05, 0) is 53.6 Å². The van der Waals surface area contributed by atoms with E-state index in [2.05, 4.69) is 45.5 Å². The number of nitrogens with one attached hydrogen (secondary N) is 5. The average molecular weight is 708 g/mol. The first kappa shape index (κ1) is 33.1. The van der Waals surface area contributed by atoms with Crippen LogP contribution in [-0.4, -0.2) is 68.8 Å². The Morgan fingerprint density at radius 3 is 1.73 bits per heavy atom. The fourth-order valence-electron chi connectivity index (χ4n) is 5.28. The van der Waals surface area contributed by atoms with E-state index in [4.69, 9.17) is 19.4 Å². The number of imidazole rings is 2. The number of aromatic amines is 2. The fourth-order valence-corrected chi connectivity index (χ4v) is 5.83. The molecule has 0 aliphatic heterocycles. The summed E-state index contributed by atoms with van der Waals surface area (Å²) in [5.74, 6) is 1.91. The first-order valence-corrected chi connectivity index (χ1v) is 17.4. The molecular weight excluding hydrogens is 675 g/mol. The highest BCUT2D eigenvalue weighted by Crippen LogP contribution is 2.37. The van der Waals surface area contributed by atoms with Crippen LogP contribution in [-0.2, 0) is 23.1 Å². The van der Waals surface area contributed by atoms with Gasteiger partial charge in [-0.25, -0.2) is 49.2 Å². The van der Waals surface area contributed by atoms with Crippen molar-refractivity contribution < 1.29 is 17.9 Å². The minimum Gasteiger partial charge on any atom is -0.497 e. The van der Waals surface area contributed by atoms with E-state index in [1.54, 1.807) is 61.2 Å². The molecule has 0 saturated carbocycles. The smallest absolute Gasteiger partial charge is 0.247 e. The average Bonchev–Trinajstić information content (AvgIpc) is 3.81. The summed E-state index contributed by atoms with van der Waals surface area (Å²) < 4.78 is 38.4. The van der Waals surface area contributed by atoms with Gasteiger partial charge in [0.1, 0.15) is 22.5 Å². The van der Waals surface area contributed by atoms with Crippen LogP contribution in [0.5, 0.6) is 11.5 Å². The number of benzene rings is 3. The number of aromatic nitrogens is 8. The number of hydrogen-bond acceptors (Lipinski definition) is 14. The number of sulfonamides is 1. The van der Waals surface area contributed by atoms with Crippen LogP contribution in [0.25, 0.3) is 22.3 Å². The van der Waals surface area contributed by atoms with Crippen molar-refractivity contribution in [1.82, 2.24) is 50.7 Å². The number of rotatable bonds is 14. The molecule has 5 N–H and O–H groups in total. The topological polar surface area (TPSA) is 204 Å². The van der Waals surface area contributed by atoms with Crippen molar-refractivity contribution in [2.24, 2.45) is 0 Å². The predicted molar refractivity (Wildman–Crippen MR) is 192 cm³/mol. The van der Waals surface area contributed by atoms with Crippen LogP contribution in [0, 0.1) is 0 Å². The number of hydrogen-bond donors (Lipinski definition) is 5. The van der Waals surface area contributed by atoms with Crippen LogP contribution in [0.1, 0.15) is 11.1 Å². The van der Waals surface area contributed by atoms with Gasteiger partial charge in [0.05, 0.1) is 62.6 Å². The van der Waals surface area contributed by atoms with Crippen molar-refractivity contribution in [3.8, 4) is 11.5 Å². The van der Waals surface area contributed by atoms with Crippen molar-refractivity contribution >= 4 is 61.3 Å². The third kappa shape index (κ3) is 7.62. The highest BCUT2D eigenvalue weighted by Gasteiger charge is 2.25. The first-order chi connectivity index (χ1) is 24.8. The molecule has 0 aliphatic carbocycles. The number of H-pyrrole nitrogens is 2. The maximum atomic E-state index is 12.4. The van der Waals surface area contributed by atoms with Crippen LogP contribution in [0.3, 0.4) is 0 Å². The molecule has 7 rings (SSSR count). The zero-order valence-corrected chi connectivity index (χ0v) is 28.5. The highest BCUT2D eigenvalue weighted by atomic mass is 32.2. The Labute approximate surface area is 292 Å².